The van der Waals surface area contributed by atoms with Gasteiger partial charge in [-0.3, -0.25) is 0 Å². The molecule has 1 aliphatic carbocycles. The van der Waals surface area contributed by atoms with Gasteiger partial charge >= 0.3 is 0 Å². The first-order chi connectivity index (χ1) is 4.70. The van der Waals surface area contributed by atoms with E-state index in [4.69, 9.17) is 0 Å². The second kappa shape index (κ2) is 3.05. The molecule has 0 bridgehead atoms. The first-order valence-electron chi connectivity index (χ1n) is 4.08. The molecular weight excluding hydrogens is 120 g/mol. The summed E-state index contributed by atoms with van der Waals surface area (Å²) < 4.78 is 0. The van der Waals surface area contributed by atoms with Gasteiger partial charge in [-0.05, 0) is 23.8 Å². The van der Waals surface area contributed by atoms with Crippen LogP contribution in [0.15, 0.2) is 23.8 Å². The summed E-state index contributed by atoms with van der Waals surface area (Å²) in [4.78, 5) is 0. The molecule has 0 aromatic rings. The molecule has 0 spiro atoms. The van der Waals surface area contributed by atoms with Gasteiger partial charge in [0.25, 0.3) is 0 Å². The SMILES string of the molecule is CC(C)C1=CC[C@@H](C)C=C1. The lowest BCUT2D eigenvalue weighted by Gasteiger charge is -2.13. The normalized spacial score (nSPS) is 25.2. The van der Waals surface area contributed by atoms with E-state index in [1.165, 1.54) is 12.0 Å². The third-order valence-electron chi connectivity index (χ3n) is 2.01. The molecule has 0 N–H and O–H groups in total. The van der Waals surface area contributed by atoms with Crippen molar-refractivity contribution in [1.82, 2.24) is 0 Å². The van der Waals surface area contributed by atoms with Gasteiger partial charge < -0.3 is 0 Å². The molecule has 0 radical (unpaired) electrons. The van der Waals surface area contributed by atoms with Gasteiger partial charge in [-0.1, -0.05) is 39.0 Å². The van der Waals surface area contributed by atoms with Crippen LogP contribution < -0.4 is 0 Å². The Balaban J connectivity index is 2.59. The second-order valence-electron chi connectivity index (χ2n) is 3.43. The van der Waals surface area contributed by atoms with Crippen molar-refractivity contribution in [3.63, 3.8) is 0 Å². The highest BCUT2D eigenvalue weighted by Gasteiger charge is 2.05. The lowest BCUT2D eigenvalue weighted by atomic mass is 9.93. The maximum absolute atomic E-state index is 2.36. The van der Waals surface area contributed by atoms with E-state index >= 15 is 0 Å². The van der Waals surface area contributed by atoms with Gasteiger partial charge in [-0.2, -0.15) is 0 Å². The Morgan fingerprint density at radius 1 is 1.50 bits per heavy atom. The zero-order valence-corrected chi connectivity index (χ0v) is 7.09. The van der Waals surface area contributed by atoms with Gasteiger partial charge in [0.05, 0.1) is 0 Å². The Hall–Kier alpha value is -0.520. The molecule has 1 atom stereocenters. The molecule has 1 aliphatic rings. The zero-order chi connectivity index (χ0) is 7.56. The Bertz CT molecular complexity index is 161. The van der Waals surface area contributed by atoms with Crippen LogP contribution in [0.5, 0.6) is 0 Å². The van der Waals surface area contributed by atoms with Crippen LogP contribution in [0.4, 0.5) is 0 Å². The van der Waals surface area contributed by atoms with Crippen LogP contribution >= 0.6 is 0 Å². The van der Waals surface area contributed by atoms with Gasteiger partial charge in [-0.15, -0.1) is 0 Å². The molecule has 0 saturated heterocycles. The highest BCUT2D eigenvalue weighted by Crippen LogP contribution is 2.20. The Morgan fingerprint density at radius 2 is 2.20 bits per heavy atom. The van der Waals surface area contributed by atoms with Crippen LogP contribution in [-0.4, -0.2) is 0 Å². The van der Waals surface area contributed by atoms with Gasteiger partial charge in [0.2, 0.25) is 0 Å². The molecule has 10 heavy (non-hydrogen) atoms. The minimum absolute atomic E-state index is 0.698. The monoisotopic (exact) mass is 136 g/mol. The van der Waals surface area contributed by atoms with Gasteiger partial charge in [0.15, 0.2) is 0 Å². The van der Waals surface area contributed by atoms with Crippen molar-refractivity contribution >= 4 is 0 Å². The van der Waals surface area contributed by atoms with E-state index < -0.39 is 0 Å². The highest BCUT2D eigenvalue weighted by molar-refractivity contribution is 5.24. The van der Waals surface area contributed by atoms with E-state index in [1.54, 1.807) is 0 Å². The molecule has 0 aromatic carbocycles. The van der Waals surface area contributed by atoms with Crippen LogP contribution in [0.1, 0.15) is 27.2 Å². The Kier molecular flexibility index (Phi) is 2.31. The van der Waals surface area contributed by atoms with Crippen molar-refractivity contribution in [1.29, 1.82) is 0 Å². The molecule has 0 fully saturated rings. The highest BCUT2D eigenvalue weighted by atomic mass is 14.1. The van der Waals surface area contributed by atoms with Crippen LogP contribution in [-0.2, 0) is 0 Å². The van der Waals surface area contributed by atoms with Crippen molar-refractivity contribution < 1.29 is 0 Å². The van der Waals surface area contributed by atoms with E-state index in [-0.39, 0.29) is 0 Å². The first kappa shape index (κ1) is 7.59. The molecule has 0 saturated carbocycles. The summed E-state index contributed by atoms with van der Waals surface area (Å²) in [5, 5.41) is 0. The van der Waals surface area contributed by atoms with Crippen LogP contribution in [0, 0.1) is 11.8 Å². The van der Waals surface area contributed by atoms with Crippen molar-refractivity contribution in [2.75, 3.05) is 0 Å². The molecule has 0 heteroatoms. The predicted molar refractivity (Wildman–Crippen MR) is 45.8 cm³/mol. The predicted octanol–water partition coefficient (Wildman–Crippen LogP) is 3.16. The maximum Gasteiger partial charge on any atom is -0.0222 e. The molecule has 56 valence electrons. The molecule has 0 nitrogen and oxygen atoms in total. The molecular formula is C10H16. The van der Waals surface area contributed by atoms with Gasteiger partial charge in [0, 0.05) is 0 Å². The zero-order valence-electron chi connectivity index (χ0n) is 7.09. The molecule has 0 aliphatic heterocycles. The number of rotatable bonds is 1. The fraction of sp³-hybridized carbons (Fsp3) is 0.600. The molecule has 0 heterocycles. The topological polar surface area (TPSA) is 0 Å². The number of hydrogen-bond donors (Lipinski definition) is 0. The molecule has 0 unspecified atom stereocenters. The quantitative estimate of drug-likeness (QED) is 0.519. The largest absolute Gasteiger partial charge is 0.0811 e. The van der Waals surface area contributed by atoms with Gasteiger partial charge in [-0.25, -0.2) is 0 Å². The smallest absolute Gasteiger partial charge is 0.0222 e. The second-order valence-corrected chi connectivity index (χ2v) is 3.43. The summed E-state index contributed by atoms with van der Waals surface area (Å²) in [5.41, 5.74) is 1.50. The van der Waals surface area contributed by atoms with Crippen molar-refractivity contribution in [2.24, 2.45) is 11.8 Å². The average molecular weight is 136 g/mol. The van der Waals surface area contributed by atoms with Crippen LogP contribution in [0.25, 0.3) is 0 Å². The third kappa shape index (κ3) is 1.73. The Morgan fingerprint density at radius 3 is 2.60 bits per heavy atom. The lowest BCUT2D eigenvalue weighted by Crippen LogP contribution is -1.98. The molecule has 0 amide bonds. The van der Waals surface area contributed by atoms with Crippen LogP contribution in [0.3, 0.4) is 0 Å². The van der Waals surface area contributed by atoms with Crippen LogP contribution in [0.2, 0.25) is 0 Å². The summed E-state index contributed by atoms with van der Waals surface area (Å²) in [6, 6.07) is 0. The lowest BCUT2D eigenvalue weighted by molar-refractivity contribution is 0.698. The van der Waals surface area contributed by atoms with E-state index in [1.807, 2.05) is 0 Å². The molecule has 0 aromatic heterocycles. The van der Waals surface area contributed by atoms with Crippen molar-refractivity contribution in [3.05, 3.63) is 23.8 Å². The van der Waals surface area contributed by atoms with Gasteiger partial charge in [0.1, 0.15) is 0 Å². The first-order valence-corrected chi connectivity index (χ1v) is 4.08. The third-order valence-corrected chi connectivity index (χ3v) is 2.01. The van der Waals surface area contributed by atoms with E-state index in [2.05, 4.69) is 39.0 Å². The summed E-state index contributed by atoms with van der Waals surface area (Å²) in [6.07, 6.45) is 8.15. The summed E-state index contributed by atoms with van der Waals surface area (Å²) in [7, 11) is 0. The number of allylic oxidation sites excluding steroid dienone is 4. The van der Waals surface area contributed by atoms with E-state index in [0.29, 0.717) is 5.92 Å². The van der Waals surface area contributed by atoms with E-state index in [9.17, 15) is 0 Å². The summed E-state index contributed by atoms with van der Waals surface area (Å²) >= 11 is 0. The summed E-state index contributed by atoms with van der Waals surface area (Å²) in [5.74, 6) is 1.45. The fourth-order valence-electron chi connectivity index (χ4n) is 1.17. The maximum atomic E-state index is 2.36. The van der Waals surface area contributed by atoms with E-state index in [0.717, 1.165) is 5.92 Å². The minimum Gasteiger partial charge on any atom is -0.0811 e. The average Bonchev–Trinajstić information content (AvgIpc) is 1.88. The van der Waals surface area contributed by atoms with Crippen molar-refractivity contribution in [2.45, 2.75) is 27.2 Å². The number of hydrogen-bond acceptors (Lipinski definition) is 0. The van der Waals surface area contributed by atoms with Crippen molar-refractivity contribution in [3.8, 4) is 0 Å². The Labute approximate surface area is 63.6 Å². The fourth-order valence-corrected chi connectivity index (χ4v) is 1.17. The summed E-state index contributed by atoms with van der Waals surface area (Å²) in [6.45, 7) is 6.74. The standard InChI is InChI=1S/C10H16/c1-8(2)10-6-4-9(3)5-7-10/h4,6-9H,5H2,1-3H3/t9-/m0/s1. The molecule has 1 rings (SSSR count). The minimum atomic E-state index is 0.698.